The van der Waals surface area contributed by atoms with Crippen molar-refractivity contribution in [1.82, 2.24) is 9.97 Å². The smallest absolute Gasteiger partial charge is 0.134 e. The van der Waals surface area contributed by atoms with Gasteiger partial charge in [-0.1, -0.05) is 26.2 Å². The van der Waals surface area contributed by atoms with Crippen LogP contribution in [0.5, 0.6) is 0 Å². The van der Waals surface area contributed by atoms with Crippen LogP contribution in [0.25, 0.3) is 0 Å². The Morgan fingerprint density at radius 3 is 2.70 bits per heavy atom. The number of ether oxygens (including phenoxy) is 1. The van der Waals surface area contributed by atoms with Crippen molar-refractivity contribution in [2.45, 2.75) is 45.4 Å². The largest absolute Gasteiger partial charge is 0.378 e. The Morgan fingerprint density at radius 1 is 1.17 bits per heavy atom. The van der Waals surface area contributed by atoms with Crippen LogP contribution in [0.3, 0.4) is 0 Å². The van der Waals surface area contributed by atoms with Crippen molar-refractivity contribution >= 4 is 11.6 Å². The highest BCUT2D eigenvalue weighted by atomic mass is 16.5. The molecule has 2 aliphatic rings. The zero-order valence-corrected chi connectivity index (χ0v) is 14.4. The number of morpholine rings is 1. The van der Waals surface area contributed by atoms with Crippen LogP contribution in [0.15, 0.2) is 12.4 Å². The maximum absolute atomic E-state index is 5.44. The van der Waals surface area contributed by atoms with Gasteiger partial charge in [0.05, 0.1) is 13.2 Å². The fourth-order valence-electron chi connectivity index (χ4n) is 3.73. The molecule has 3 rings (SSSR count). The molecule has 1 aromatic heterocycles. The van der Waals surface area contributed by atoms with E-state index in [4.69, 9.17) is 4.74 Å². The number of hydrogen-bond donors (Lipinski definition) is 0. The van der Waals surface area contributed by atoms with E-state index >= 15 is 0 Å². The number of anilines is 2. The van der Waals surface area contributed by atoms with Gasteiger partial charge in [-0.05, 0) is 25.2 Å². The molecule has 0 radical (unpaired) electrons. The molecule has 0 bridgehead atoms. The second-order valence-electron chi connectivity index (χ2n) is 6.78. The topological polar surface area (TPSA) is 41.5 Å². The summed E-state index contributed by atoms with van der Waals surface area (Å²) in [4.78, 5) is 13.8. The first-order valence-electron chi connectivity index (χ1n) is 9.26. The molecule has 1 aromatic rings. The number of nitrogens with zero attached hydrogens (tertiary/aromatic N) is 4. The van der Waals surface area contributed by atoms with Crippen molar-refractivity contribution in [3.8, 4) is 0 Å². The normalized spacial score (nSPS) is 19.8. The van der Waals surface area contributed by atoms with E-state index in [-0.39, 0.29) is 0 Å². The molecule has 0 aromatic carbocycles. The molecule has 0 spiro atoms. The van der Waals surface area contributed by atoms with Crippen molar-refractivity contribution in [1.29, 1.82) is 0 Å². The SMILES string of the molecule is CCCN(CC1CCCCC1)c1cc(N2CCOCC2)ncn1. The molecule has 5 heteroatoms. The van der Waals surface area contributed by atoms with E-state index < -0.39 is 0 Å². The molecule has 5 nitrogen and oxygen atoms in total. The van der Waals surface area contributed by atoms with Gasteiger partial charge in [-0.3, -0.25) is 0 Å². The molecule has 2 fully saturated rings. The zero-order valence-electron chi connectivity index (χ0n) is 14.4. The molecular weight excluding hydrogens is 288 g/mol. The van der Waals surface area contributed by atoms with E-state index in [0.717, 1.165) is 63.4 Å². The highest BCUT2D eigenvalue weighted by molar-refractivity contribution is 5.50. The van der Waals surface area contributed by atoms with Crippen molar-refractivity contribution in [2.75, 3.05) is 49.2 Å². The molecule has 1 saturated carbocycles. The molecule has 0 amide bonds. The van der Waals surface area contributed by atoms with Gasteiger partial charge in [0.2, 0.25) is 0 Å². The van der Waals surface area contributed by atoms with Crippen LogP contribution in [-0.2, 0) is 4.74 Å². The lowest BCUT2D eigenvalue weighted by atomic mass is 9.89. The Balaban J connectivity index is 1.70. The van der Waals surface area contributed by atoms with E-state index in [2.05, 4.69) is 32.8 Å². The number of aromatic nitrogens is 2. The van der Waals surface area contributed by atoms with Crippen molar-refractivity contribution in [3.63, 3.8) is 0 Å². The average molecular weight is 318 g/mol. The number of rotatable bonds is 6. The maximum atomic E-state index is 5.44. The van der Waals surface area contributed by atoms with Crippen LogP contribution in [0.4, 0.5) is 11.6 Å². The standard InChI is InChI=1S/C18H30N4O/c1-2-8-22(14-16-6-4-3-5-7-16)18-13-17(19-15-20-18)21-9-11-23-12-10-21/h13,15-16H,2-12,14H2,1H3. The summed E-state index contributed by atoms with van der Waals surface area (Å²) < 4.78 is 5.44. The Morgan fingerprint density at radius 2 is 1.96 bits per heavy atom. The quantitative estimate of drug-likeness (QED) is 0.806. The van der Waals surface area contributed by atoms with E-state index in [0.29, 0.717) is 0 Å². The van der Waals surface area contributed by atoms with Gasteiger partial charge in [0.1, 0.15) is 18.0 Å². The fourth-order valence-corrected chi connectivity index (χ4v) is 3.73. The van der Waals surface area contributed by atoms with Crippen LogP contribution in [-0.4, -0.2) is 49.4 Å². The van der Waals surface area contributed by atoms with Crippen LogP contribution in [0.2, 0.25) is 0 Å². The Hall–Kier alpha value is -1.36. The molecule has 0 N–H and O–H groups in total. The molecule has 128 valence electrons. The lowest BCUT2D eigenvalue weighted by molar-refractivity contribution is 0.122. The van der Waals surface area contributed by atoms with Crippen LogP contribution in [0.1, 0.15) is 45.4 Å². The summed E-state index contributed by atoms with van der Waals surface area (Å²) in [6.45, 7) is 7.90. The minimum absolute atomic E-state index is 0.792. The summed E-state index contributed by atoms with van der Waals surface area (Å²) in [6, 6.07) is 2.17. The minimum Gasteiger partial charge on any atom is -0.378 e. The van der Waals surface area contributed by atoms with Gasteiger partial charge in [-0.25, -0.2) is 9.97 Å². The third-order valence-corrected chi connectivity index (χ3v) is 4.99. The molecule has 1 aliphatic heterocycles. The van der Waals surface area contributed by atoms with Gasteiger partial charge in [0, 0.05) is 32.2 Å². The first kappa shape index (κ1) is 16.5. The second-order valence-corrected chi connectivity index (χ2v) is 6.78. The molecule has 0 atom stereocenters. The monoisotopic (exact) mass is 318 g/mol. The summed E-state index contributed by atoms with van der Waals surface area (Å²) in [6.07, 6.45) is 9.84. The van der Waals surface area contributed by atoms with Gasteiger partial charge in [-0.2, -0.15) is 0 Å². The highest BCUT2D eigenvalue weighted by Crippen LogP contribution is 2.27. The van der Waals surface area contributed by atoms with Gasteiger partial charge in [0.25, 0.3) is 0 Å². The summed E-state index contributed by atoms with van der Waals surface area (Å²) in [5, 5.41) is 0. The fraction of sp³-hybridized carbons (Fsp3) is 0.778. The van der Waals surface area contributed by atoms with Gasteiger partial charge < -0.3 is 14.5 Å². The number of hydrogen-bond acceptors (Lipinski definition) is 5. The highest BCUT2D eigenvalue weighted by Gasteiger charge is 2.19. The minimum atomic E-state index is 0.792. The van der Waals surface area contributed by atoms with E-state index in [9.17, 15) is 0 Å². The first-order chi connectivity index (χ1) is 11.4. The summed E-state index contributed by atoms with van der Waals surface area (Å²) in [5.74, 6) is 2.97. The predicted molar refractivity (Wildman–Crippen MR) is 94.1 cm³/mol. The third kappa shape index (κ3) is 4.56. The van der Waals surface area contributed by atoms with Crippen molar-refractivity contribution in [3.05, 3.63) is 12.4 Å². The molecule has 23 heavy (non-hydrogen) atoms. The van der Waals surface area contributed by atoms with Gasteiger partial charge >= 0.3 is 0 Å². The predicted octanol–water partition coefficient (Wildman–Crippen LogP) is 3.11. The molecule has 0 unspecified atom stereocenters. The molecule has 2 heterocycles. The third-order valence-electron chi connectivity index (χ3n) is 4.99. The first-order valence-corrected chi connectivity index (χ1v) is 9.26. The maximum Gasteiger partial charge on any atom is 0.134 e. The van der Waals surface area contributed by atoms with E-state index in [1.165, 1.54) is 32.1 Å². The van der Waals surface area contributed by atoms with Crippen LogP contribution in [0, 0.1) is 5.92 Å². The van der Waals surface area contributed by atoms with E-state index in [1.807, 2.05) is 0 Å². The van der Waals surface area contributed by atoms with E-state index in [1.54, 1.807) is 6.33 Å². The summed E-state index contributed by atoms with van der Waals surface area (Å²) >= 11 is 0. The Labute approximate surface area is 140 Å². The summed E-state index contributed by atoms with van der Waals surface area (Å²) in [5.41, 5.74) is 0. The van der Waals surface area contributed by atoms with Crippen molar-refractivity contribution < 1.29 is 4.74 Å². The summed E-state index contributed by atoms with van der Waals surface area (Å²) in [7, 11) is 0. The van der Waals surface area contributed by atoms with Crippen molar-refractivity contribution in [2.24, 2.45) is 5.92 Å². The lowest BCUT2D eigenvalue weighted by Gasteiger charge is -2.32. The zero-order chi connectivity index (χ0) is 15.9. The second kappa shape index (κ2) is 8.48. The Bertz CT molecular complexity index is 470. The van der Waals surface area contributed by atoms with Crippen LogP contribution < -0.4 is 9.80 Å². The van der Waals surface area contributed by atoms with Gasteiger partial charge in [0.15, 0.2) is 0 Å². The molecule has 1 aliphatic carbocycles. The molecular formula is C18H30N4O. The molecule has 1 saturated heterocycles. The van der Waals surface area contributed by atoms with Crippen LogP contribution >= 0.6 is 0 Å². The lowest BCUT2D eigenvalue weighted by Crippen LogP contribution is -2.37. The average Bonchev–Trinajstić information content (AvgIpc) is 2.63. The van der Waals surface area contributed by atoms with Gasteiger partial charge in [-0.15, -0.1) is 0 Å². The Kier molecular flexibility index (Phi) is 6.08.